The highest BCUT2D eigenvalue weighted by atomic mass is 16.5. The van der Waals surface area contributed by atoms with E-state index in [1.807, 2.05) is 12.1 Å². The van der Waals surface area contributed by atoms with E-state index >= 15 is 0 Å². The van der Waals surface area contributed by atoms with E-state index in [0.717, 1.165) is 22.8 Å². The fraction of sp³-hybridized carbons (Fsp3) is 0.0690. The Morgan fingerprint density at radius 3 is 1.57 bits per heavy atom. The van der Waals surface area contributed by atoms with Crippen LogP contribution < -0.4 is 14.2 Å². The van der Waals surface area contributed by atoms with Crippen LogP contribution in [0.2, 0.25) is 0 Å². The van der Waals surface area contributed by atoms with Crippen LogP contribution in [0.25, 0.3) is 22.3 Å². The Kier molecular flexibility index (Phi) is 7.79. The molecule has 6 nitrogen and oxygen atoms in total. The lowest BCUT2D eigenvalue weighted by Crippen LogP contribution is -2.08. The summed E-state index contributed by atoms with van der Waals surface area (Å²) >= 11 is 0. The molecule has 0 saturated heterocycles. The summed E-state index contributed by atoms with van der Waals surface area (Å²) < 4.78 is 16.0. The summed E-state index contributed by atoms with van der Waals surface area (Å²) in [6, 6.07) is 19.2. The van der Waals surface area contributed by atoms with Gasteiger partial charge in [0.2, 0.25) is 0 Å². The highest BCUT2D eigenvalue weighted by Crippen LogP contribution is 2.36. The van der Waals surface area contributed by atoms with Gasteiger partial charge in [-0.3, -0.25) is 0 Å². The number of esters is 3. The smallest absolute Gasteiger partial charge is 0.338 e. The molecule has 0 aliphatic rings. The molecule has 0 aliphatic carbocycles. The van der Waals surface area contributed by atoms with Crippen molar-refractivity contribution < 1.29 is 28.6 Å². The van der Waals surface area contributed by atoms with Crippen LogP contribution >= 0.6 is 0 Å². The third kappa shape index (κ3) is 6.42. The lowest BCUT2D eigenvalue weighted by Gasteiger charge is -2.13. The molecule has 3 aromatic rings. The summed E-state index contributed by atoms with van der Waals surface area (Å²) in [7, 11) is 0. The predicted octanol–water partition coefficient (Wildman–Crippen LogP) is 6.08. The second-order valence-electron chi connectivity index (χ2n) is 7.72. The summed E-state index contributed by atoms with van der Waals surface area (Å²) in [6.07, 6.45) is 1.08. The Balaban J connectivity index is 1.91. The normalized spacial score (nSPS) is 10.1. The van der Waals surface area contributed by atoms with Gasteiger partial charge in [-0.25, -0.2) is 14.4 Å². The number of hydrogen-bond donors (Lipinski definition) is 0. The van der Waals surface area contributed by atoms with E-state index in [2.05, 4.69) is 19.7 Å². The van der Waals surface area contributed by atoms with Crippen LogP contribution in [0.15, 0.2) is 104 Å². The lowest BCUT2D eigenvalue weighted by molar-refractivity contribution is -0.130. The molecular weight excluding hydrogens is 444 g/mol. The second-order valence-corrected chi connectivity index (χ2v) is 7.72. The third-order valence-corrected chi connectivity index (χ3v) is 4.83. The van der Waals surface area contributed by atoms with Gasteiger partial charge in [-0.05, 0) is 60.9 Å². The van der Waals surface area contributed by atoms with Gasteiger partial charge in [-0.15, -0.1) is 0 Å². The van der Waals surface area contributed by atoms with Crippen molar-refractivity contribution in [2.45, 2.75) is 13.8 Å². The number of hydrogen-bond acceptors (Lipinski definition) is 6. The van der Waals surface area contributed by atoms with Gasteiger partial charge in [0.05, 0.1) is 0 Å². The molecule has 6 heteroatoms. The minimum absolute atomic E-state index is 0.297. The summed E-state index contributed by atoms with van der Waals surface area (Å²) in [6.45, 7) is 13.7. The molecule has 0 heterocycles. The van der Waals surface area contributed by atoms with E-state index in [9.17, 15) is 14.4 Å². The number of carbonyl (C=O) groups is 3. The number of ether oxygens (including phenoxy) is 3. The molecule has 0 amide bonds. The summed E-state index contributed by atoms with van der Waals surface area (Å²) in [5.41, 5.74) is 3.62. The van der Waals surface area contributed by atoms with Gasteiger partial charge >= 0.3 is 17.9 Å². The Morgan fingerprint density at radius 2 is 1.11 bits per heavy atom. The average molecular weight is 469 g/mol. The first-order valence-electron chi connectivity index (χ1n) is 10.6. The van der Waals surface area contributed by atoms with Crippen molar-refractivity contribution in [2.24, 2.45) is 0 Å². The minimum Gasteiger partial charge on any atom is -0.423 e. The van der Waals surface area contributed by atoms with Crippen LogP contribution in [0.4, 0.5) is 0 Å². The summed E-state index contributed by atoms with van der Waals surface area (Å²) in [5.74, 6) is -0.516. The second kappa shape index (κ2) is 10.9. The molecule has 0 N–H and O–H groups in total. The maximum atomic E-state index is 12.0. The van der Waals surface area contributed by atoms with Crippen LogP contribution in [0, 0.1) is 0 Å². The third-order valence-electron chi connectivity index (χ3n) is 4.83. The number of benzene rings is 3. The molecule has 0 saturated carbocycles. The van der Waals surface area contributed by atoms with Crippen LogP contribution in [-0.2, 0) is 14.4 Å². The molecule has 3 aromatic carbocycles. The molecule has 0 fully saturated rings. The fourth-order valence-electron chi connectivity index (χ4n) is 2.98. The molecule has 0 aromatic heterocycles. The Labute approximate surface area is 203 Å². The molecule has 0 spiro atoms. The van der Waals surface area contributed by atoms with Crippen molar-refractivity contribution in [2.75, 3.05) is 0 Å². The maximum absolute atomic E-state index is 12.0. The van der Waals surface area contributed by atoms with Gasteiger partial charge in [0.1, 0.15) is 17.2 Å². The number of carbonyl (C=O) groups excluding carboxylic acids is 3. The zero-order valence-corrected chi connectivity index (χ0v) is 19.5. The standard InChI is InChI=1S/C29H24O6/c1-6-27(30)35-26-17-22(20-7-12-23(13-8-20)33-28(31)18(2)3)11-16-25(26)21-9-14-24(15-10-21)34-29(32)19(4)5/h6-17H,1-2,4H2,3,5H3. The fourth-order valence-corrected chi connectivity index (χ4v) is 2.98. The molecule has 3 rings (SSSR count). The topological polar surface area (TPSA) is 78.9 Å². The first-order chi connectivity index (χ1) is 16.7. The molecule has 0 radical (unpaired) electrons. The highest BCUT2D eigenvalue weighted by molar-refractivity contribution is 5.90. The zero-order valence-electron chi connectivity index (χ0n) is 19.5. The number of rotatable bonds is 8. The van der Waals surface area contributed by atoms with Gasteiger partial charge in [0.25, 0.3) is 0 Å². The summed E-state index contributed by atoms with van der Waals surface area (Å²) in [4.78, 5) is 35.4. The molecule has 35 heavy (non-hydrogen) atoms. The van der Waals surface area contributed by atoms with E-state index in [1.165, 1.54) is 0 Å². The van der Waals surface area contributed by atoms with Crippen molar-refractivity contribution >= 4 is 17.9 Å². The molecule has 176 valence electrons. The van der Waals surface area contributed by atoms with E-state index in [-0.39, 0.29) is 0 Å². The van der Waals surface area contributed by atoms with E-state index < -0.39 is 17.9 Å². The van der Waals surface area contributed by atoms with Crippen molar-refractivity contribution in [3.63, 3.8) is 0 Å². The monoisotopic (exact) mass is 468 g/mol. The van der Waals surface area contributed by atoms with Crippen molar-refractivity contribution in [3.05, 3.63) is 104 Å². The van der Waals surface area contributed by atoms with Gasteiger partial charge in [-0.1, -0.05) is 56.1 Å². The average Bonchev–Trinajstić information content (AvgIpc) is 2.84. The first kappa shape index (κ1) is 24.9. The van der Waals surface area contributed by atoms with Crippen LogP contribution in [-0.4, -0.2) is 17.9 Å². The van der Waals surface area contributed by atoms with Gasteiger partial charge in [0, 0.05) is 22.8 Å². The van der Waals surface area contributed by atoms with Crippen molar-refractivity contribution in [3.8, 4) is 39.5 Å². The van der Waals surface area contributed by atoms with Crippen molar-refractivity contribution in [1.29, 1.82) is 0 Å². The molecule has 0 aliphatic heterocycles. The van der Waals surface area contributed by atoms with Crippen LogP contribution in [0.1, 0.15) is 13.8 Å². The highest BCUT2D eigenvalue weighted by Gasteiger charge is 2.13. The quantitative estimate of drug-likeness (QED) is 0.227. The van der Waals surface area contributed by atoms with Gasteiger partial charge in [0.15, 0.2) is 0 Å². The van der Waals surface area contributed by atoms with E-state index in [1.54, 1.807) is 68.4 Å². The predicted molar refractivity (Wildman–Crippen MR) is 134 cm³/mol. The van der Waals surface area contributed by atoms with Crippen LogP contribution in [0.3, 0.4) is 0 Å². The molecule has 0 unspecified atom stereocenters. The molecule has 0 atom stereocenters. The zero-order chi connectivity index (χ0) is 25.5. The lowest BCUT2D eigenvalue weighted by atomic mass is 9.99. The van der Waals surface area contributed by atoms with E-state index in [4.69, 9.17) is 14.2 Å². The minimum atomic E-state index is -0.600. The first-order valence-corrected chi connectivity index (χ1v) is 10.6. The molecular formula is C29H24O6. The van der Waals surface area contributed by atoms with E-state index in [0.29, 0.717) is 34.0 Å². The SMILES string of the molecule is C=CC(=O)Oc1cc(-c2ccc(OC(=O)C(=C)C)cc2)ccc1-c1ccc(OC(=O)C(=C)C)cc1. The van der Waals surface area contributed by atoms with Crippen LogP contribution in [0.5, 0.6) is 17.2 Å². The molecule has 0 bridgehead atoms. The van der Waals surface area contributed by atoms with Gasteiger partial charge in [-0.2, -0.15) is 0 Å². The Hall–Kier alpha value is -4.71. The summed E-state index contributed by atoms with van der Waals surface area (Å²) in [5, 5.41) is 0. The van der Waals surface area contributed by atoms with Crippen molar-refractivity contribution in [1.82, 2.24) is 0 Å². The maximum Gasteiger partial charge on any atom is 0.338 e. The Morgan fingerprint density at radius 1 is 0.657 bits per heavy atom. The largest absolute Gasteiger partial charge is 0.423 e. The Bertz CT molecular complexity index is 1310. The van der Waals surface area contributed by atoms with Gasteiger partial charge < -0.3 is 14.2 Å².